The van der Waals surface area contributed by atoms with Gasteiger partial charge in [-0.1, -0.05) is 0 Å². The molecule has 0 aliphatic heterocycles. The van der Waals surface area contributed by atoms with Gasteiger partial charge in [0.2, 0.25) is 0 Å². The second-order valence-electron chi connectivity index (χ2n) is 4.23. The van der Waals surface area contributed by atoms with Gasteiger partial charge >= 0.3 is 5.97 Å². The van der Waals surface area contributed by atoms with Gasteiger partial charge in [0.1, 0.15) is 12.3 Å². The van der Waals surface area contributed by atoms with Crippen LogP contribution in [0.2, 0.25) is 0 Å². The smallest absolute Gasteiger partial charge is 0.325 e. The summed E-state index contributed by atoms with van der Waals surface area (Å²) in [6.45, 7) is -0.277. The number of aliphatic carboxylic acids is 1. The molecule has 8 heteroatoms. The Bertz CT molecular complexity index is 681. The Morgan fingerprint density at radius 2 is 2.24 bits per heavy atom. The average molecular weight is 290 g/mol. The van der Waals surface area contributed by atoms with Gasteiger partial charge in [-0.3, -0.25) is 14.3 Å². The SMILES string of the molecule is COc1ccc(C(=O)Nc2cnn(CC(=O)O)c2)c(N)c1. The number of carbonyl (C=O) groups excluding carboxylic acids is 1. The fourth-order valence-electron chi connectivity index (χ4n) is 1.73. The van der Waals surface area contributed by atoms with Gasteiger partial charge in [0.25, 0.3) is 5.91 Å². The van der Waals surface area contributed by atoms with E-state index in [1.807, 2.05) is 0 Å². The maximum absolute atomic E-state index is 12.1. The number of ether oxygens (including phenoxy) is 1. The summed E-state index contributed by atoms with van der Waals surface area (Å²) in [5.41, 5.74) is 6.74. The number of amides is 1. The molecule has 0 saturated heterocycles. The zero-order valence-electron chi connectivity index (χ0n) is 11.2. The third-order valence-electron chi connectivity index (χ3n) is 2.69. The molecular weight excluding hydrogens is 276 g/mol. The number of nitrogens with two attached hydrogens (primary N) is 1. The van der Waals surface area contributed by atoms with Crippen molar-refractivity contribution in [1.29, 1.82) is 0 Å². The standard InChI is InChI=1S/C13H14N4O4/c1-21-9-2-3-10(11(14)4-9)13(20)16-8-5-15-17(6-8)7-12(18)19/h2-6H,7,14H2,1H3,(H,16,20)(H,18,19). The van der Waals surface area contributed by atoms with E-state index < -0.39 is 11.9 Å². The maximum atomic E-state index is 12.1. The molecule has 1 amide bonds. The van der Waals surface area contributed by atoms with Crippen LogP contribution in [0.15, 0.2) is 30.6 Å². The predicted molar refractivity (Wildman–Crippen MR) is 75.2 cm³/mol. The minimum Gasteiger partial charge on any atom is -0.497 e. The van der Waals surface area contributed by atoms with Crippen LogP contribution in [0, 0.1) is 0 Å². The minimum atomic E-state index is -1.02. The third kappa shape index (κ3) is 3.50. The van der Waals surface area contributed by atoms with Gasteiger partial charge in [0.05, 0.1) is 24.6 Å². The van der Waals surface area contributed by atoms with Gasteiger partial charge in [-0.2, -0.15) is 5.10 Å². The van der Waals surface area contributed by atoms with Crippen molar-refractivity contribution in [3.63, 3.8) is 0 Å². The van der Waals surface area contributed by atoms with E-state index in [2.05, 4.69) is 10.4 Å². The number of hydrogen-bond acceptors (Lipinski definition) is 5. The Morgan fingerprint density at radius 1 is 1.48 bits per heavy atom. The van der Waals surface area contributed by atoms with Crippen molar-refractivity contribution in [2.24, 2.45) is 0 Å². The molecule has 1 heterocycles. The van der Waals surface area contributed by atoms with E-state index in [0.717, 1.165) is 0 Å². The van der Waals surface area contributed by atoms with Gasteiger partial charge in [0.15, 0.2) is 0 Å². The molecule has 0 aliphatic rings. The summed E-state index contributed by atoms with van der Waals surface area (Å²) in [6.07, 6.45) is 2.78. The molecule has 2 rings (SSSR count). The maximum Gasteiger partial charge on any atom is 0.325 e. The van der Waals surface area contributed by atoms with E-state index in [1.165, 1.54) is 24.2 Å². The highest BCUT2D eigenvalue weighted by Crippen LogP contribution is 2.20. The van der Waals surface area contributed by atoms with Crippen molar-refractivity contribution in [1.82, 2.24) is 9.78 Å². The normalized spacial score (nSPS) is 10.1. The molecule has 1 aromatic heterocycles. The van der Waals surface area contributed by atoms with Crippen LogP contribution in [0.4, 0.5) is 11.4 Å². The fraction of sp³-hybridized carbons (Fsp3) is 0.154. The molecule has 1 aromatic carbocycles. The summed E-state index contributed by atoms with van der Waals surface area (Å²) < 4.78 is 6.21. The van der Waals surface area contributed by atoms with Gasteiger partial charge < -0.3 is 20.9 Å². The monoisotopic (exact) mass is 290 g/mol. The van der Waals surface area contributed by atoms with Crippen molar-refractivity contribution >= 4 is 23.3 Å². The number of nitrogens with zero attached hydrogens (tertiary/aromatic N) is 2. The van der Waals surface area contributed by atoms with Crippen LogP contribution < -0.4 is 15.8 Å². The number of carboxylic acids is 1. The molecule has 0 unspecified atom stereocenters. The molecule has 0 bridgehead atoms. The second-order valence-corrected chi connectivity index (χ2v) is 4.23. The van der Waals surface area contributed by atoms with E-state index in [1.54, 1.807) is 18.2 Å². The van der Waals surface area contributed by atoms with Crippen LogP contribution in [-0.2, 0) is 11.3 Å². The van der Waals surface area contributed by atoms with E-state index in [0.29, 0.717) is 17.0 Å². The summed E-state index contributed by atoms with van der Waals surface area (Å²) in [7, 11) is 1.51. The quantitative estimate of drug-likeness (QED) is 0.701. The van der Waals surface area contributed by atoms with Crippen LogP contribution in [0.3, 0.4) is 0 Å². The number of anilines is 2. The Labute approximate surface area is 120 Å². The van der Waals surface area contributed by atoms with Gasteiger partial charge in [-0.15, -0.1) is 0 Å². The highest BCUT2D eigenvalue weighted by molar-refractivity contribution is 6.07. The molecule has 4 N–H and O–H groups in total. The predicted octanol–water partition coefficient (Wildman–Crippen LogP) is 0.811. The van der Waals surface area contributed by atoms with E-state index in [4.69, 9.17) is 15.6 Å². The first-order valence-electron chi connectivity index (χ1n) is 5.98. The lowest BCUT2D eigenvalue weighted by Gasteiger charge is -2.07. The fourth-order valence-corrected chi connectivity index (χ4v) is 1.73. The lowest BCUT2D eigenvalue weighted by molar-refractivity contribution is -0.137. The Hall–Kier alpha value is -3.03. The number of nitrogens with one attached hydrogen (secondary N) is 1. The van der Waals surface area contributed by atoms with Crippen molar-refractivity contribution in [2.45, 2.75) is 6.54 Å². The molecule has 0 radical (unpaired) electrons. The lowest BCUT2D eigenvalue weighted by Crippen LogP contribution is -2.14. The molecular formula is C13H14N4O4. The molecule has 110 valence electrons. The number of hydrogen-bond donors (Lipinski definition) is 3. The van der Waals surface area contributed by atoms with Crippen LogP contribution in [0.5, 0.6) is 5.75 Å². The molecule has 0 spiro atoms. The van der Waals surface area contributed by atoms with Crippen LogP contribution >= 0.6 is 0 Å². The molecule has 0 atom stereocenters. The summed E-state index contributed by atoms with van der Waals surface area (Å²) in [6, 6.07) is 4.72. The van der Waals surface area contributed by atoms with Gasteiger partial charge in [0, 0.05) is 18.0 Å². The number of carbonyl (C=O) groups is 2. The van der Waals surface area contributed by atoms with Gasteiger partial charge in [-0.05, 0) is 12.1 Å². The first-order chi connectivity index (χ1) is 9.99. The average Bonchev–Trinajstić information content (AvgIpc) is 2.84. The zero-order chi connectivity index (χ0) is 15.4. The molecule has 8 nitrogen and oxygen atoms in total. The topological polar surface area (TPSA) is 119 Å². The largest absolute Gasteiger partial charge is 0.497 e. The number of aromatic nitrogens is 2. The number of methoxy groups -OCH3 is 1. The Balaban J connectivity index is 2.10. The van der Waals surface area contributed by atoms with Crippen LogP contribution in [0.1, 0.15) is 10.4 Å². The summed E-state index contributed by atoms with van der Waals surface area (Å²) in [4.78, 5) is 22.6. The number of carboxylic acid groups (broad SMARTS) is 1. The zero-order valence-corrected chi connectivity index (χ0v) is 11.2. The number of benzene rings is 1. The molecule has 0 aliphatic carbocycles. The van der Waals surface area contributed by atoms with Gasteiger partial charge in [-0.25, -0.2) is 0 Å². The van der Waals surface area contributed by atoms with Crippen LogP contribution in [-0.4, -0.2) is 33.9 Å². The molecule has 2 aromatic rings. The lowest BCUT2D eigenvalue weighted by atomic mass is 10.1. The van der Waals surface area contributed by atoms with E-state index in [9.17, 15) is 9.59 Å². The summed E-state index contributed by atoms with van der Waals surface area (Å²) in [5, 5.41) is 15.1. The third-order valence-corrected chi connectivity index (χ3v) is 2.69. The number of nitrogen functional groups attached to an aromatic ring is 1. The van der Waals surface area contributed by atoms with Crippen molar-refractivity contribution in [3.05, 3.63) is 36.2 Å². The summed E-state index contributed by atoms with van der Waals surface area (Å²) in [5.74, 6) is -0.876. The van der Waals surface area contributed by atoms with Crippen LogP contribution in [0.25, 0.3) is 0 Å². The highest BCUT2D eigenvalue weighted by atomic mass is 16.5. The minimum absolute atomic E-state index is 0.277. The van der Waals surface area contributed by atoms with Crippen molar-refractivity contribution in [3.8, 4) is 5.75 Å². The Kier molecular flexibility index (Phi) is 4.07. The highest BCUT2D eigenvalue weighted by Gasteiger charge is 2.12. The number of rotatable bonds is 5. The second kappa shape index (κ2) is 5.95. The summed E-state index contributed by atoms with van der Waals surface area (Å²) >= 11 is 0. The first kappa shape index (κ1) is 14.4. The molecule has 0 saturated carbocycles. The van der Waals surface area contributed by atoms with E-state index in [-0.39, 0.29) is 12.2 Å². The van der Waals surface area contributed by atoms with E-state index >= 15 is 0 Å². The molecule has 21 heavy (non-hydrogen) atoms. The molecule has 0 fully saturated rings. The first-order valence-corrected chi connectivity index (χ1v) is 5.98. The van der Waals surface area contributed by atoms with Crippen molar-refractivity contribution < 1.29 is 19.4 Å². The van der Waals surface area contributed by atoms with Crippen molar-refractivity contribution in [2.75, 3.05) is 18.2 Å². The Morgan fingerprint density at radius 3 is 2.86 bits per heavy atom.